The second kappa shape index (κ2) is 7.13. The van der Waals surface area contributed by atoms with Crippen molar-refractivity contribution in [2.75, 3.05) is 39.3 Å². The molecule has 110 valence electrons. The molecule has 0 amide bonds. The van der Waals surface area contributed by atoms with Crippen LogP contribution in [-0.2, 0) is 0 Å². The fourth-order valence-corrected chi connectivity index (χ4v) is 3.13. The molecule has 2 fully saturated rings. The molecule has 4 heteroatoms. The van der Waals surface area contributed by atoms with Gasteiger partial charge in [0.2, 0.25) is 0 Å². The molecule has 19 heavy (non-hydrogen) atoms. The molecule has 2 heterocycles. The summed E-state index contributed by atoms with van der Waals surface area (Å²) >= 11 is 0. The van der Waals surface area contributed by atoms with E-state index in [0.717, 1.165) is 44.0 Å². The number of hydrogen-bond donors (Lipinski definition) is 1. The third-order valence-electron chi connectivity index (χ3n) is 4.54. The first-order valence-electron chi connectivity index (χ1n) is 7.92. The standard InChI is InChI=1S/C15H30N4/c1-13-5-9-19(10-6-13)15(16)17-7-11-18-8-3-4-14(2)12-18/h13-14H,3-12H2,1-2H3,(H2,16,17). The van der Waals surface area contributed by atoms with Crippen molar-refractivity contribution in [1.82, 2.24) is 9.80 Å². The van der Waals surface area contributed by atoms with E-state index in [-0.39, 0.29) is 0 Å². The average molecular weight is 266 g/mol. The van der Waals surface area contributed by atoms with Gasteiger partial charge in [-0.3, -0.25) is 4.99 Å². The van der Waals surface area contributed by atoms with Gasteiger partial charge >= 0.3 is 0 Å². The second-order valence-electron chi connectivity index (χ2n) is 6.46. The van der Waals surface area contributed by atoms with Gasteiger partial charge in [0.05, 0.1) is 6.54 Å². The minimum Gasteiger partial charge on any atom is -0.370 e. The quantitative estimate of drug-likeness (QED) is 0.625. The topological polar surface area (TPSA) is 44.9 Å². The van der Waals surface area contributed by atoms with Crippen LogP contribution >= 0.6 is 0 Å². The van der Waals surface area contributed by atoms with E-state index in [9.17, 15) is 0 Å². The van der Waals surface area contributed by atoms with Crippen molar-refractivity contribution in [3.8, 4) is 0 Å². The lowest BCUT2D eigenvalue weighted by Crippen LogP contribution is -2.43. The molecule has 0 aromatic heterocycles. The normalized spacial score (nSPS) is 27.8. The molecule has 0 spiro atoms. The molecular weight excluding hydrogens is 236 g/mol. The molecule has 0 aromatic carbocycles. The van der Waals surface area contributed by atoms with Gasteiger partial charge in [-0.15, -0.1) is 0 Å². The Bertz CT molecular complexity index is 295. The van der Waals surface area contributed by atoms with E-state index in [1.807, 2.05) is 0 Å². The monoisotopic (exact) mass is 266 g/mol. The summed E-state index contributed by atoms with van der Waals surface area (Å²) in [6, 6.07) is 0. The zero-order valence-corrected chi connectivity index (χ0v) is 12.6. The maximum Gasteiger partial charge on any atom is 0.191 e. The van der Waals surface area contributed by atoms with E-state index in [1.165, 1.54) is 38.8 Å². The Balaban J connectivity index is 1.69. The van der Waals surface area contributed by atoms with Crippen molar-refractivity contribution >= 4 is 5.96 Å². The van der Waals surface area contributed by atoms with Gasteiger partial charge in [0, 0.05) is 26.2 Å². The Morgan fingerprint density at radius 1 is 1.11 bits per heavy atom. The van der Waals surface area contributed by atoms with Crippen molar-refractivity contribution in [3.63, 3.8) is 0 Å². The Labute approximate surface area is 118 Å². The summed E-state index contributed by atoms with van der Waals surface area (Å²) in [5, 5.41) is 0. The van der Waals surface area contributed by atoms with Crippen LogP contribution in [0.4, 0.5) is 0 Å². The van der Waals surface area contributed by atoms with Gasteiger partial charge in [0.25, 0.3) is 0 Å². The minimum absolute atomic E-state index is 0.761. The summed E-state index contributed by atoms with van der Waals surface area (Å²) in [6.07, 6.45) is 5.22. The third-order valence-corrected chi connectivity index (χ3v) is 4.54. The van der Waals surface area contributed by atoms with Gasteiger partial charge in [-0.1, -0.05) is 13.8 Å². The number of hydrogen-bond acceptors (Lipinski definition) is 2. The predicted molar refractivity (Wildman–Crippen MR) is 81.3 cm³/mol. The maximum atomic E-state index is 6.09. The van der Waals surface area contributed by atoms with Gasteiger partial charge in [-0.2, -0.15) is 0 Å². The van der Waals surface area contributed by atoms with E-state index < -0.39 is 0 Å². The highest BCUT2D eigenvalue weighted by atomic mass is 15.3. The molecule has 2 aliphatic heterocycles. The van der Waals surface area contributed by atoms with E-state index in [0.29, 0.717) is 0 Å². The fraction of sp³-hybridized carbons (Fsp3) is 0.933. The molecule has 1 atom stereocenters. The fourth-order valence-electron chi connectivity index (χ4n) is 3.13. The first-order valence-corrected chi connectivity index (χ1v) is 7.92. The van der Waals surface area contributed by atoms with E-state index in [2.05, 4.69) is 28.6 Å². The SMILES string of the molecule is CC1CCN(C(N)=NCCN2CCCC(C)C2)CC1. The van der Waals surface area contributed by atoms with Crippen molar-refractivity contribution in [2.45, 2.75) is 39.5 Å². The van der Waals surface area contributed by atoms with Crippen LogP contribution in [0, 0.1) is 11.8 Å². The first kappa shape index (κ1) is 14.6. The molecular formula is C15H30N4. The number of guanidine groups is 1. The zero-order valence-electron chi connectivity index (χ0n) is 12.6. The molecule has 4 nitrogen and oxygen atoms in total. The number of nitrogens with zero attached hydrogens (tertiary/aromatic N) is 3. The van der Waals surface area contributed by atoms with Crippen molar-refractivity contribution < 1.29 is 0 Å². The van der Waals surface area contributed by atoms with Gasteiger partial charge < -0.3 is 15.5 Å². The Hall–Kier alpha value is -0.770. The maximum absolute atomic E-state index is 6.09. The van der Waals surface area contributed by atoms with Crippen LogP contribution in [0.5, 0.6) is 0 Å². The lowest BCUT2D eigenvalue weighted by Gasteiger charge is -2.32. The summed E-state index contributed by atoms with van der Waals surface area (Å²) in [5.74, 6) is 2.45. The van der Waals surface area contributed by atoms with Gasteiger partial charge in [-0.25, -0.2) is 0 Å². The van der Waals surface area contributed by atoms with Crippen LogP contribution in [-0.4, -0.2) is 55.0 Å². The highest BCUT2D eigenvalue weighted by Gasteiger charge is 2.18. The molecule has 0 saturated carbocycles. The Kier molecular flexibility index (Phi) is 5.49. The second-order valence-corrected chi connectivity index (χ2v) is 6.46. The molecule has 0 aromatic rings. The highest BCUT2D eigenvalue weighted by molar-refractivity contribution is 5.78. The number of likely N-dealkylation sites (tertiary alicyclic amines) is 2. The number of piperidine rings is 2. The van der Waals surface area contributed by atoms with Gasteiger partial charge in [0.15, 0.2) is 5.96 Å². The number of rotatable bonds is 3. The first-order chi connectivity index (χ1) is 9.15. The Morgan fingerprint density at radius 2 is 1.84 bits per heavy atom. The van der Waals surface area contributed by atoms with E-state index in [1.54, 1.807) is 0 Å². The smallest absolute Gasteiger partial charge is 0.191 e. The Morgan fingerprint density at radius 3 is 2.53 bits per heavy atom. The molecule has 2 rings (SSSR count). The molecule has 2 saturated heterocycles. The van der Waals surface area contributed by atoms with E-state index >= 15 is 0 Å². The molecule has 2 aliphatic rings. The minimum atomic E-state index is 0.761. The summed E-state index contributed by atoms with van der Waals surface area (Å²) in [4.78, 5) is 9.35. The lowest BCUT2D eigenvalue weighted by atomic mass is 10.00. The van der Waals surface area contributed by atoms with Crippen LogP contribution in [0.3, 0.4) is 0 Å². The van der Waals surface area contributed by atoms with Gasteiger partial charge in [-0.05, 0) is 44.1 Å². The predicted octanol–water partition coefficient (Wildman–Crippen LogP) is 1.76. The summed E-state index contributed by atoms with van der Waals surface area (Å²) in [5.41, 5.74) is 6.09. The van der Waals surface area contributed by atoms with Crippen LogP contribution in [0.15, 0.2) is 4.99 Å². The van der Waals surface area contributed by atoms with E-state index in [4.69, 9.17) is 5.73 Å². The van der Waals surface area contributed by atoms with Crippen LogP contribution in [0.1, 0.15) is 39.5 Å². The lowest BCUT2D eigenvalue weighted by molar-refractivity contribution is 0.188. The number of aliphatic imine (C=N–C) groups is 1. The summed E-state index contributed by atoms with van der Waals surface area (Å²) in [6.45, 7) is 11.2. The molecule has 0 radical (unpaired) electrons. The molecule has 0 aliphatic carbocycles. The largest absolute Gasteiger partial charge is 0.370 e. The summed E-state index contributed by atoms with van der Waals surface area (Å²) < 4.78 is 0. The average Bonchev–Trinajstić information content (AvgIpc) is 2.39. The highest BCUT2D eigenvalue weighted by Crippen LogP contribution is 2.16. The van der Waals surface area contributed by atoms with Crippen molar-refractivity contribution in [2.24, 2.45) is 22.6 Å². The summed E-state index contributed by atoms with van der Waals surface area (Å²) in [7, 11) is 0. The van der Waals surface area contributed by atoms with Crippen molar-refractivity contribution in [3.05, 3.63) is 0 Å². The van der Waals surface area contributed by atoms with Crippen molar-refractivity contribution in [1.29, 1.82) is 0 Å². The van der Waals surface area contributed by atoms with Gasteiger partial charge in [0.1, 0.15) is 0 Å². The van der Waals surface area contributed by atoms with Crippen LogP contribution in [0.25, 0.3) is 0 Å². The zero-order chi connectivity index (χ0) is 13.7. The molecule has 1 unspecified atom stereocenters. The molecule has 0 bridgehead atoms. The number of nitrogens with two attached hydrogens (primary N) is 1. The van der Waals surface area contributed by atoms with Crippen LogP contribution < -0.4 is 5.73 Å². The third kappa shape index (κ3) is 4.68. The molecule has 2 N–H and O–H groups in total. The van der Waals surface area contributed by atoms with Crippen LogP contribution in [0.2, 0.25) is 0 Å².